The Kier molecular flexibility index (Phi) is 5.35. The number of nitrogens with zero attached hydrogens (tertiary/aromatic N) is 2. The van der Waals surface area contributed by atoms with Gasteiger partial charge in [-0.25, -0.2) is 4.39 Å². The lowest BCUT2D eigenvalue weighted by Crippen LogP contribution is -2.05. The average molecular weight is 376 g/mol. The number of hydrogen-bond donors (Lipinski definition) is 1. The summed E-state index contributed by atoms with van der Waals surface area (Å²) >= 11 is 11.5. The van der Waals surface area contributed by atoms with Gasteiger partial charge in [0.1, 0.15) is 11.6 Å². The molecule has 0 radical (unpaired) electrons. The van der Waals surface area contributed by atoms with Crippen LogP contribution in [-0.4, -0.2) is 14.8 Å². The molecule has 0 aliphatic rings. The Balaban J connectivity index is 1.99. The van der Waals surface area contributed by atoms with E-state index >= 15 is 0 Å². The number of nitrogens with one attached hydrogen (secondary N) is 1. The van der Waals surface area contributed by atoms with Gasteiger partial charge in [0.2, 0.25) is 0 Å². The Hall–Kier alpha value is -1.98. The lowest BCUT2D eigenvalue weighted by Gasteiger charge is -2.12. The van der Waals surface area contributed by atoms with Crippen molar-refractivity contribution < 1.29 is 4.39 Å². The molecule has 0 saturated heterocycles. The van der Waals surface area contributed by atoms with E-state index in [1.165, 1.54) is 11.6 Å². The van der Waals surface area contributed by atoms with E-state index in [-0.39, 0.29) is 12.2 Å². The van der Waals surface area contributed by atoms with E-state index < -0.39 is 0 Å². The molecule has 25 heavy (non-hydrogen) atoms. The third-order valence-corrected chi connectivity index (χ3v) is 5.10. The van der Waals surface area contributed by atoms with Gasteiger partial charge in [-0.3, -0.25) is 9.67 Å². The van der Waals surface area contributed by atoms with Crippen molar-refractivity contribution in [2.75, 3.05) is 0 Å². The van der Waals surface area contributed by atoms with E-state index in [0.717, 1.165) is 12.1 Å². The molecular weight excluding hydrogens is 357 g/mol. The van der Waals surface area contributed by atoms with Crippen LogP contribution in [0.15, 0.2) is 42.5 Å². The lowest BCUT2D eigenvalue weighted by atomic mass is 9.98. The summed E-state index contributed by atoms with van der Waals surface area (Å²) in [4.78, 5) is 0. The van der Waals surface area contributed by atoms with E-state index in [0.29, 0.717) is 27.1 Å². The number of halogens is 2. The molecule has 1 N–H and O–H groups in total. The molecule has 1 atom stereocenters. The van der Waals surface area contributed by atoms with Gasteiger partial charge in [-0.15, -0.1) is 0 Å². The maximum Gasteiger partial charge on any atom is 0.199 e. The van der Waals surface area contributed by atoms with Gasteiger partial charge in [-0.2, -0.15) is 5.10 Å². The highest BCUT2D eigenvalue weighted by Gasteiger charge is 2.14. The second-order valence-corrected chi connectivity index (χ2v) is 6.85. The Morgan fingerprint density at radius 1 is 1.24 bits per heavy atom. The molecule has 2 aromatic carbocycles. The second kappa shape index (κ2) is 7.50. The zero-order chi connectivity index (χ0) is 18.0. The van der Waals surface area contributed by atoms with Crippen LogP contribution in [0, 0.1) is 10.6 Å². The minimum Gasteiger partial charge on any atom is -0.272 e. The summed E-state index contributed by atoms with van der Waals surface area (Å²) in [6.45, 7) is 4.37. The zero-order valence-corrected chi connectivity index (χ0v) is 15.7. The summed E-state index contributed by atoms with van der Waals surface area (Å²) in [5.41, 5.74) is 2.59. The van der Waals surface area contributed by atoms with Crippen LogP contribution >= 0.6 is 23.8 Å². The second-order valence-electron chi connectivity index (χ2n) is 6.06. The van der Waals surface area contributed by atoms with Crippen molar-refractivity contribution in [3.05, 3.63) is 75.0 Å². The number of aromatic nitrogens is 3. The van der Waals surface area contributed by atoms with Gasteiger partial charge in [0.05, 0.1) is 0 Å². The van der Waals surface area contributed by atoms with Gasteiger partial charge >= 0.3 is 0 Å². The Morgan fingerprint density at radius 3 is 2.60 bits per heavy atom. The molecule has 0 amide bonds. The van der Waals surface area contributed by atoms with Crippen LogP contribution in [0.2, 0.25) is 5.02 Å². The van der Waals surface area contributed by atoms with E-state index in [9.17, 15) is 4.39 Å². The van der Waals surface area contributed by atoms with Crippen LogP contribution in [-0.2, 0) is 6.42 Å². The van der Waals surface area contributed by atoms with Crippen molar-refractivity contribution in [3.63, 3.8) is 0 Å². The van der Waals surface area contributed by atoms with E-state index in [1.54, 1.807) is 12.1 Å². The molecule has 3 rings (SSSR count). The molecule has 0 saturated carbocycles. The molecule has 1 heterocycles. The molecular formula is C19H19ClFN3S. The molecule has 1 aromatic heterocycles. The summed E-state index contributed by atoms with van der Waals surface area (Å²) in [5, 5.41) is 7.44. The predicted molar refractivity (Wildman–Crippen MR) is 102 cm³/mol. The predicted octanol–water partition coefficient (Wildman–Crippen LogP) is 5.83. The molecule has 6 heteroatoms. The topological polar surface area (TPSA) is 33.6 Å². The number of rotatable bonds is 5. The Morgan fingerprint density at radius 2 is 1.96 bits per heavy atom. The molecule has 0 fully saturated rings. The SMILES string of the molecule is CC[C@H](C)c1ccc(-n2c(Cc3c(F)cccc3Cl)n[nH]c2=S)cc1. The third kappa shape index (κ3) is 3.67. The van der Waals surface area contributed by atoms with Crippen LogP contribution < -0.4 is 0 Å². The molecule has 0 spiro atoms. The normalized spacial score (nSPS) is 12.3. The molecule has 3 nitrogen and oxygen atoms in total. The summed E-state index contributed by atoms with van der Waals surface area (Å²) in [5.74, 6) is 0.774. The molecule has 0 unspecified atom stereocenters. The van der Waals surface area contributed by atoms with Gasteiger partial charge in [-0.05, 0) is 54.4 Å². The van der Waals surface area contributed by atoms with Gasteiger partial charge in [0.15, 0.2) is 4.77 Å². The van der Waals surface area contributed by atoms with Crippen molar-refractivity contribution >= 4 is 23.8 Å². The lowest BCUT2D eigenvalue weighted by molar-refractivity contribution is 0.611. The van der Waals surface area contributed by atoms with Gasteiger partial charge in [0.25, 0.3) is 0 Å². The van der Waals surface area contributed by atoms with E-state index in [4.69, 9.17) is 23.8 Å². The first kappa shape index (κ1) is 17.8. The third-order valence-electron chi connectivity index (χ3n) is 4.47. The van der Waals surface area contributed by atoms with Crippen molar-refractivity contribution in [3.8, 4) is 5.69 Å². The van der Waals surface area contributed by atoms with Crippen LogP contribution in [0.25, 0.3) is 5.69 Å². The molecule has 0 aliphatic heterocycles. The van der Waals surface area contributed by atoms with Gasteiger partial charge in [0, 0.05) is 22.7 Å². The zero-order valence-electron chi connectivity index (χ0n) is 14.1. The molecule has 130 valence electrons. The summed E-state index contributed by atoms with van der Waals surface area (Å²) < 4.78 is 16.4. The minimum absolute atomic E-state index is 0.256. The summed E-state index contributed by atoms with van der Waals surface area (Å²) in [6.07, 6.45) is 1.34. The van der Waals surface area contributed by atoms with Crippen molar-refractivity contribution in [1.82, 2.24) is 14.8 Å². The molecule has 3 aromatic rings. The van der Waals surface area contributed by atoms with Crippen molar-refractivity contribution in [2.24, 2.45) is 0 Å². The molecule has 0 aliphatic carbocycles. The quantitative estimate of drug-likeness (QED) is 0.569. The Bertz CT molecular complexity index is 910. The maximum atomic E-state index is 14.1. The first-order valence-corrected chi connectivity index (χ1v) is 8.99. The van der Waals surface area contributed by atoms with Gasteiger partial charge in [-0.1, -0.05) is 43.6 Å². The van der Waals surface area contributed by atoms with Gasteiger partial charge < -0.3 is 0 Å². The van der Waals surface area contributed by atoms with Crippen LogP contribution in [0.3, 0.4) is 0 Å². The van der Waals surface area contributed by atoms with Crippen molar-refractivity contribution in [1.29, 1.82) is 0 Å². The highest BCUT2D eigenvalue weighted by molar-refractivity contribution is 7.71. The largest absolute Gasteiger partial charge is 0.272 e. The average Bonchev–Trinajstić information content (AvgIpc) is 2.98. The molecule has 0 bridgehead atoms. The maximum absolute atomic E-state index is 14.1. The van der Waals surface area contributed by atoms with Crippen LogP contribution in [0.1, 0.15) is 43.1 Å². The summed E-state index contributed by atoms with van der Waals surface area (Å²) in [6, 6.07) is 12.9. The van der Waals surface area contributed by atoms with E-state index in [2.05, 4.69) is 36.2 Å². The fourth-order valence-electron chi connectivity index (χ4n) is 2.76. The fourth-order valence-corrected chi connectivity index (χ4v) is 3.25. The standard InChI is InChI=1S/C19H19ClFN3S/c1-3-12(2)13-7-9-14(10-8-13)24-18(22-23-19(24)25)11-15-16(20)5-4-6-17(15)21/h4-10,12H,3,11H2,1-2H3,(H,23,25)/t12-/m0/s1. The van der Waals surface area contributed by atoms with Crippen LogP contribution in [0.5, 0.6) is 0 Å². The first-order chi connectivity index (χ1) is 12.0. The number of hydrogen-bond acceptors (Lipinski definition) is 2. The van der Waals surface area contributed by atoms with E-state index in [1.807, 2.05) is 16.7 Å². The minimum atomic E-state index is -0.347. The number of aromatic amines is 1. The van der Waals surface area contributed by atoms with Crippen molar-refractivity contribution in [2.45, 2.75) is 32.6 Å². The first-order valence-electron chi connectivity index (χ1n) is 8.20. The monoisotopic (exact) mass is 375 g/mol. The highest BCUT2D eigenvalue weighted by Crippen LogP contribution is 2.24. The number of benzene rings is 2. The fraction of sp³-hybridized carbons (Fsp3) is 0.263. The summed E-state index contributed by atoms with van der Waals surface area (Å²) in [7, 11) is 0. The Labute approximate surface area is 156 Å². The van der Waals surface area contributed by atoms with Crippen LogP contribution in [0.4, 0.5) is 4.39 Å². The number of H-pyrrole nitrogens is 1. The highest BCUT2D eigenvalue weighted by atomic mass is 35.5. The smallest absolute Gasteiger partial charge is 0.199 e.